The summed E-state index contributed by atoms with van der Waals surface area (Å²) < 4.78 is 28.2. The van der Waals surface area contributed by atoms with E-state index in [2.05, 4.69) is 4.72 Å². The summed E-state index contributed by atoms with van der Waals surface area (Å²) in [6, 6.07) is 11.0. The Morgan fingerprint density at radius 2 is 1.77 bits per heavy atom. The van der Waals surface area contributed by atoms with Crippen LogP contribution in [0, 0.1) is 0 Å². The van der Waals surface area contributed by atoms with Crippen LogP contribution in [0.2, 0.25) is 0 Å². The number of amides is 2. The average Bonchev–Trinajstić information content (AvgIpc) is 2.78. The van der Waals surface area contributed by atoms with E-state index in [4.69, 9.17) is 17.5 Å². The second kappa shape index (κ2) is 9.74. The van der Waals surface area contributed by atoms with Crippen LogP contribution in [0.25, 0.3) is 10.8 Å². The van der Waals surface area contributed by atoms with Crippen LogP contribution in [0.3, 0.4) is 0 Å². The Kier molecular flexibility index (Phi) is 7.30. The zero-order valence-electron chi connectivity index (χ0n) is 16.5. The molecular weight excluding hydrogens is 428 g/mol. The van der Waals surface area contributed by atoms with E-state index in [-0.39, 0.29) is 17.3 Å². The number of carbonyl (C=O) groups excluding carboxylic acids is 2. The maximum atomic E-state index is 12.7. The Hall–Kier alpha value is -2.20. The fourth-order valence-corrected chi connectivity index (χ4v) is 4.67. The monoisotopic (exact) mass is 452 g/mol. The van der Waals surface area contributed by atoms with E-state index in [0.29, 0.717) is 17.5 Å². The number of nitrogens with two attached hydrogens (primary N) is 1. The van der Waals surface area contributed by atoms with Gasteiger partial charge in [0.05, 0.1) is 11.4 Å². The summed E-state index contributed by atoms with van der Waals surface area (Å²) in [5.41, 5.74) is 5.68. The average molecular weight is 453 g/mol. The molecule has 30 heavy (non-hydrogen) atoms. The number of fused-ring (bicyclic) bond motifs is 1. The Labute approximate surface area is 181 Å². The van der Waals surface area contributed by atoms with Gasteiger partial charge in [0.2, 0.25) is 15.9 Å². The van der Waals surface area contributed by atoms with Gasteiger partial charge in [-0.1, -0.05) is 30.3 Å². The largest absolute Gasteiger partial charge is 0.341 e. The lowest BCUT2D eigenvalue weighted by atomic mass is 10.1. The molecule has 0 saturated carbocycles. The minimum atomic E-state index is -3.94. The summed E-state index contributed by atoms with van der Waals surface area (Å²) in [5.74, 6) is -1.07. The Morgan fingerprint density at radius 1 is 1.10 bits per heavy atom. The van der Waals surface area contributed by atoms with E-state index in [1.54, 1.807) is 17.0 Å². The maximum Gasteiger partial charge on any atom is 0.252 e. The number of nitrogens with one attached hydrogen (secondary N) is 1. The van der Waals surface area contributed by atoms with Crippen LogP contribution in [-0.4, -0.2) is 61.8 Å². The summed E-state index contributed by atoms with van der Waals surface area (Å²) in [7, 11) is -3.94. The molecule has 1 fully saturated rings. The summed E-state index contributed by atoms with van der Waals surface area (Å²) in [4.78, 5) is 26.8. The second-order valence-corrected chi connectivity index (χ2v) is 9.31. The lowest BCUT2D eigenvalue weighted by molar-refractivity contribution is -0.141. The fourth-order valence-electron chi connectivity index (χ4n) is 3.44. The lowest BCUT2D eigenvalue weighted by Crippen LogP contribution is -2.53. The minimum absolute atomic E-state index is 0.0369. The third-order valence-electron chi connectivity index (χ3n) is 5.13. The molecule has 1 unspecified atom stereocenters. The number of piperidine rings is 1. The molecule has 8 nitrogen and oxygen atoms in total. The number of benzene rings is 2. The molecule has 0 radical (unpaired) electrons. The number of likely N-dealkylation sites (tertiary alicyclic amines) is 1. The quantitative estimate of drug-likeness (QED) is 0.617. The van der Waals surface area contributed by atoms with Crippen molar-refractivity contribution in [1.82, 2.24) is 14.0 Å². The highest BCUT2D eigenvalue weighted by Crippen LogP contribution is 2.19. The third-order valence-corrected chi connectivity index (χ3v) is 6.96. The van der Waals surface area contributed by atoms with Crippen molar-refractivity contribution in [3.63, 3.8) is 0 Å². The van der Waals surface area contributed by atoms with Gasteiger partial charge in [-0.05, 0) is 42.2 Å². The van der Waals surface area contributed by atoms with Crippen LogP contribution in [0.5, 0.6) is 0 Å². The van der Waals surface area contributed by atoms with Crippen molar-refractivity contribution in [2.75, 3.05) is 26.2 Å². The highest BCUT2D eigenvalue weighted by atomic mass is 35.5. The number of halogens is 1. The molecule has 1 aliphatic rings. The molecule has 1 atom stereocenters. The molecule has 162 valence electrons. The third kappa shape index (κ3) is 5.10. The number of nitrogens with zero attached hydrogens (tertiary/aromatic N) is 2. The SMILES string of the molecule is NCC(C(=O)N1CCCCC1)N(Cl)C(=O)CNS(=O)(=O)c1ccc2ccccc2c1. The number of rotatable bonds is 7. The molecule has 1 aliphatic heterocycles. The van der Waals surface area contributed by atoms with Gasteiger partial charge < -0.3 is 10.6 Å². The van der Waals surface area contributed by atoms with Crippen molar-refractivity contribution in [3.05, 3.63) is 42.5 Å². The van der Waals surface area contributed by atoms with Crippen LogP contribution >= 0.6 is 11.8 Å². The Balaban J connectivity index is 1.65. The van der Waals surface area contributed by atoms with E-state index in [9.17, 15) is 18.0 Å². The molecule has 3 N–H and O–H groups in total. The molecule has 3 rings (SSSR count). The van der Waals surface area contributed by atoms with Gasteiger partial charge in [0, 0.05) is 31.4 Å². The fraction of sp³-hybridized carbons (Fsp3) is 0.400. The molecule has 1 saturated heterocycles. The predicted molar refractivity (Wildman–Crippen MR) is 115 cm³/mol. The number of hydrogen-bond acceptors (Lipinski definition) is 5. The van der Waals surface area contributed by atoms with Crippen LogP contribution in [0.15, 0.2) is 47.4 Å². The zero-order chi connectivity index (χ0) is 21.7. The van der Waals surface area contributed by atoms with Gasteiger partial charge in [-0.2, -0.15) is 0 Å². The van der Waals surface area contributed by atoms with Crippen molar-refractivity contribution in [2.45, 2.75) is 30.2 Å². The van der Waals surface area contributed by atoms with Crippen molar-refractivity contribution in [2.24, 2.45) is 5.73 Å². The molecule has 0 spiro atoms. The van der Waals surface area contributed by atoms with Crippen LogP contribution in [-0.2, 0) is 19.6 Å². The van der Waals surface area contributed by atoms with Crippen molar-refractivity contribution >= 4 is 44.4 Å². The first-order valence-electron chi connectivity index (χ1n) is 9.78. The van der Waals surface area contributed by atoms with Crippen molar-refractivity contribution in [1.29, 1.82) is 0 Å². The van der Waals surface area contributed by atoms with Gasteiger partial charge in [-0.3, -0.25) is 9.59 Å². The van der Waals surface area contributed by atoms with Crippen molar-refractivity contribution in [3.8, 4) is 0 Å². The first-order chi connectivity index (χ1) is 14.3. The van der Waals surface area contributed by atoms with Gasteiger partial charge >= 0.3 is 0 Å². The normalized spacial score (nSPS) is 15.7. The van der Waals surface area contributed by atoms with Gasteiger partial charge in [-0.15, -0.1) is 0 Å². The highest BCUT2D eigenvalue weighted by Gasteiger charge is 2.32. The topological polar surface area (TPSA) is 113 Å². The standard InChI is InChI=1S/C20H25ClN4O4S/c21-25(18(13-22)20(27)24-10-4-1-5-11-24)19(26)14-23-30(28,29)17-9-8-15-6-2-3-7-16(15)12-17/h2-3,6-9,12,18,23H,1,4-5,10-11,13-14,22H2. The minimum Gasteiger partial charge on any atom is -0.341 e. The molecule has 0 bridgehead atoms. The molecule has 2 amide bonds. The molecule has 0 aromatic heterocycles. The van der Waals surface area contributed by atoms with Gasteiger partial charge in [0.25, 0.3) is 5.91 Å². The van der Waals surface area contributed by atoms with E-state index >= 15 is 0 Å². The maximum absolute atomic E-state index is 12.7. The van der Waals surface area contributed by atoms with Crippen LogP contribution in [0.4, 0.5) is 0 Å². The van der Waals surface area contributed by atoms with E-state index in [0.717, 1.165) is 30.0 Å². The Bertz CT molecular complexity index is 1020. The van der Waals surface area contributed by atoms with Gasteiger partial charge in [-0.25, -0.2) is 17.6 Å². The summed E-state index contributed by atoms with van der Waals surface area (Å²) in [6.45, 7) is 0.468. The van der Waals surface area contributed by atoms with E-state index in [1.807, 2.05) is 18.2 Å². The number of carbonyl (C=O) groups is 2. The summed E-state index contributed by atoms with van der Waals surface area (Å²) in [5, 5.41) is 1.67. The summed E-state index contributed by atoms with van der Waals surface area (Å²) in [6.07, 6.45) is 2.84. The number of hydrogen-bond donors (Lipinski definition) is 2. The molecule has 10 heteroatoms. The predicted octanol–water partition coefficient (Wildman–Crippen LogP) is 1.44. The molecule has 1 heterocycles. The first kappa shape index (κ1) is 22.5. The van der Waals surface area contributed by atoms with E-state index in [1.165, 1.54) is 12.1 Å². The smallest absolute Gasteiger partial charge is 0.252 e. The molecular formula is C20H25ClN4O4S. The van der Waals surface area contributed by atoms with Crippen LogP contribution < -0.4 is 10.5 Å². The van der Waals surface area contributed by atoms with Gasteiger partial charge in [0.15, 0.2) is 0 Å². The molecule has 2 aromatic rings. The highest BCUT2D eigenvalue weighted by molar-refractivity contribution is 7.89. The molecule has 0 aliphatic carbocycles. The second-order valence-electron chi connectivity index (χ2n) is 7.18. The van der Waals surface area contributed by atoms with Gasteiger partial charge in [0.1, 0.15) is 6.04 Å². The Morgan fingerprint density at radius 3 is 2.43 bits per heavy atom. The van der Waals surface area contributed by atoms with E-state index < -0.39 is 28.5 Å². The van der Waals surface area contributed by atoms with Crippen LogP contribution in [0.1, 0.15) is 19.3 Å². The lowest BCUT2D eigenvalue weighted by Gasteiger charge is -2.32. The summed E-state index contributed by atoms with van der Waals surface area (Å²) >= 11 is 6.09. The zero-order valence-corrected chi connectivity index (χ0v) is 18.0. The molecule has 2 aromatic carbocycles. The number of sulfonamides is 1. The first-order valence-corrected chi connectivity index (χ1v) is 11.6. The van der Waals surface area contributed by atoms with Crippen molar-refractivity contribution < 1.29 is 18.0 Å².